The molecule has 2 heteroatoms. The summed E-state index contributed by atoms with van der Waals surface area (Å²) >= 11 is 0. The van der Waals surface area contributed by atoms with Crippen molar-refractivity contribution >= 4 is 10.9 Å². The van der Waals surface area contributed by atoms with Gasteiger partial charge in [0.2, 0.25) is 0 Å². The number of aromatic nitrogens is 2. The maximum atomic E-state index is 4.53. The molecule has 1 aromatic heterocycles. The van der Waals surface area contributed by atoms with Crippen molar-refractivity contribution in [2.75, 3.05) is 0 Å². The number of aryl methyl sites for hydroxylation is 2. The first-order valence-electron chi connectivity index (χ1n) is 5.59. The molecule has 1 heterocycles. The van der Waals surface area contributed by atoms with Crippen LogP contribution in [0.4, 0.5) is 0 Å². The Bertz CT molecular complexity index is 480. The molecule has 0 atom stereocenters. The Labute approximate surface area is 90.9 Å². The van der Waals surface area contributed by atoms with Crippen molar-refractivity contribution in [3.8, 4) is 0 Å². The third-order valence-electron chi connectivity index (χ3n) is 2.95. The first kappa shape index (κ1) is 10.2. The lowest BCUT2D eigenvalue weighted by Crippen LogP contribution is -1.92. The highest BCUT2D eigenvalue weighted by molar-refractivity contribution is 5.82. The Morgan fingerprint density at radius 1 is 1.33 bits per heavy atom. The topological polar surface area (TPSA) is 17.8 Å². The molecule has 0 aliphatic carbocycles. The summed E-state index contributed by atoms with van der Waals surface area (Å²) < 4.78 is 1.99. The zero-order valence-corrected chi connectivity index (χ0v) is 9.91. The number of hydrogen-bond donors (Lipinski definition) is 0. The van der Waals surface area contributed by atoms with Crippen LogP contribution in [0, 0.1) is 0 Å². The normalized spacial score (nSPS) is 11.5. The Balaban J connectivity index is 2.66. The summed E-state index contributed by atoms with van der Waals surface area (Å²) in [5.74, 6) is 0.578. The number of fused-ring (bicyclic) bond motifs is 1. The van der Waals surface area contributed by atoms with Crippen LogP contribution >= 0.6 is 0 Å². The molecule has 0 aliphatic heterocycles. The maximum Gasteiger partial charge on any atom is 0.0700 e. The summed E-state index contributed by atoms with van der Waals surface area (Å²) in [7, 11) is 2.02. The fourth-order valence-corrected chi connectivity index (χ4v) is 1.97. The van der Waals surface area contributed by atoms with Crippen LogP contribution in [-0.4, -0.2) is 9.78 Å². The van der Waals surface area contributed by atoms with Gasteiger partial charge in [-0.15, -0.1) is 0 Å². The largest absolute Gasteiger partial charge is 0.268 e. The molecule has 2 aromatic rings. The van der Waals surface area contributed by atoms with Crippen molar-refractivity contribution in [2.45, 2.75) is 33.1 Å². The Morgan fingerprint density at radius 3 is 2.67 bits per heavy atom. The number of rotatable bonds is 2. The van der Waals surface area contributed by atoms with Crippen LogP contribution in [-0.2, 0) is 13.5 Å². The van der Waals surface area contributed by atoms with Gasteiger partial charge in [0.15, 0.2) is 0 Å². The SMILES string of the molecule is CCc1nn(C)c2cc(C(C)C)ccc12. The molecule has 2 rings (SSSR count). The van der Waals surface area contributed by atoms with Crippen molar-refractivity contribution in [3.05, 3.63) is 29.5 Å². The van der Waals surface area contributed by atoms with Crippen LogP contribution in [0.3, 0.4) is 0 Å². The van der Waals surface area contributed by atoms with Crippen molar-refractivity contribution < 1.29 is 0 Å². The van der Waals surface area contributed by atoms with Gasteiger partial charge in [-0.3, -0.25) is 4.68 Å². The minimum Gasteiger partial charge on any atom is -0.268 e. The average Bonchev–Trinajstić information content (AvgIpc) is 2.55. The van der Waals surface area contributed by atoms with Crippen LogP contribution in [0.2, 0.25) is 0 Å². The van der Waals surface area contributed by atoms with E-state index in [4.69, 9.17) is 0 Å². The van der Waals surface area contributed by atoms with E-state index >= 15 is 0 Å². The number of benzene rings is 1. The lowest BCUT2D eigenvalue weighted by Gasteiger charge is -2.05. The molecular formula is C13H18N2. The van der Waals surface area contributed by atoms with Gasteiger partial charge < -0.3 is 0 Å². The first-order valence-corrected chi connectivity index (χ1v) is 5.59. The smallest absolute Gasteiger partial charge is 0.0700 e. The van der Waals surface area contributed by atoms with Gasteiger partial charge in [0, 0.05) is 12.4 Å². The predicted octanol–water partition coefficient (Wildman–Crippen LogP) is 3.26. The molecule has 0 saturated carbocycles. The van der Waals surface area contributed by atoms with E-state index in [2.05, 4.69) is 44.1 Å². The lowest BCUT2D eigenvalue weighted by molar-refractivity contribution is 0.768. The molecule has 0 spiro atoms. The second-order valence-corrected chi connectivity index (χ2v) is 4.36. The maximum absolute atomic E-state index is 4.53. The van der Waals surface area contributed by atoms with Gasteiger partial charge in [0.25, 0.3) is 0 Å². The molecule has 0 fully saturated rings. The van der Waals surface area contributed by atoms with Crippen LogP contribution in [0.1, 0.15) is 37.9 Å². The van der Waals surface area contributed by atoms with Crippen LogP contribution in [0.25, 0.3) is 10.9 Å². The van der Waals surface area contributed by atoms with Crippen molar-refractivity contribution in [1.29, 1.82) is 0 Å². The van der Waals surface area contributed by atoms with E-state index in [0.29, 0.717) is 5.92 Å². The van der Waals surface area contributed by atoms with E-state index < -0.39 is 0 Å². The minimum absolute atomic E-state index is 0.578. The average molecular weight is 202 g/mol. The van der Waals surface area contributed by atoms with E-state index in [1.165, 1.54) is 22.2 Å². The van der Waals surface area contributed by atoms with Gasteiger partial charge in [-0.2, -0.15) is 5.10 Å². The third kappa shape index (κ3) is 1.65. The zero-order chi connectivity index (χ0) is 11.0. The molecule has 0 saturated heterocycles. The second-order valence-electron chi connectivity index (χ2n) is 4.36. The minimum atomic E-state index is 0.578. The predicted molar refractivity (Wildman–Crippen MR) is 64.2 cm³/mol. The molecule has 0 radical (unpaired) electrons. The monoisotopic (exact) mass is 202 g/mol. The molecule has 80 valence electrons. The van der Waals surface area contributed by atoms with Crippen LogP contribution < -0.4 is 0 Å². The number of nitrogens with zero attached hydrogens (tertiary/aromatic N) is 2. The van der Waals surface area contributed by atoms with Gasteiger partial charge in [0.05, 0.1) is 11.2 Å². The van der Waals surface area contributed by atoms with Crippen LogP contribution in [0.15, 0.2) is 18.2 Å². The molecule has 0 N–H and O–H groups in total. The summed E-state index contributed by atoms with van der Waals surface area (Å²) in [6.07, 6.45) is 0.998. The fraction of sp³-hybridized carbons (Fsp3) is 0.462. The highest BCUT2D eigenvalue weighted by atomic mass is 15.3. The Morgan fingerprint density at radius 2 is 2.07 bits per heavy atom. The van der Waals surface area contributed by atoms with Crippen molar-refractivity contribution in [2.24, 2.45) is 7.05 Å². The molecule has 0 aliphatic rings. The molecule has 0 unspecified atom stereocenters. The molecule has 1 aromatic carbocycles. The molecule has 0 amide bonds. The van der Waals surface area contributed by atoms with E-state index in [0.717, 1.165) is 6.42 Å². The first-order chi connectivity index (χ1) is 7.13. The van der Waals surface area contributed by atoms with Gasteiger partial charge in [-0.05, 0) is 24.0 Å². The Hall–Kier alpha value is -1.31. The van der Waals surface area contributed by atoms with E-state index in [-0.39, 0.29) is 0 Å². The van der Waals surface area contributed by atoms with E-state index in [1.807, 2.05) is 11.7 Å². The summed E-state index contributed by atoms with van der Waals surface area (Å²) in [5, 5.41) is 5.82. The van der Waals surface area contributed by atoms with Gasteiger partial charge in [-0.1, -0.05) is 32.9 Å². The molecule has 2 nitrogen and oxygen atoms in total. The second kappa shape index (κ2) is 3.69. The molecular weight excluding hydrogens is 184 g/mol. The third-order valence-corrected chi connectivity index (χ3v) is 2.95. The van der Waals surface area contributed by atoms with Crippen molar-refractivity contribution in [1.82, 2.24) is 9.78 Å². The molecule has 0 bridgehead atoms. The van der Waals surface area contributed by atoms with Crippen LogP contribution in [0.5, 0.6) is 0 Å². The van der Waals surface area contributed by atoms with Gasteiger partial charge >= 0.3 is 0 Å². The summed E-state index contributed by atoms with van der Waals surface area (Å²) in [5.41, 5.74) is 3.83. The lowest BCUT2D eigenvalue weighted by atomic mass is 10.0. The van der Waals surface area contributed by atoms with E-state index in [9.17, 15) is 0 Å². The summed E-state index contributed by atoms with van der Waals surface area (Å²) in [6, 6.07) is 6.68. The molecule has 15 heavy (non-hydrogen) atoms. The zero-order valence-electron chi connectivity index (χ0n) is 9.91. The summed E-state index contributed by atoms with van der Waals surface area (Å²) in [6.45, 7) is 6.59. The fourth-order valence-electron chi connectivity index (χ4n) is 1.97. The Kier molecular flexibility index (Phi) is 2.51. The van der Waals surface area contributed by atoms with Gasteiger partial charge in [-0.25, -0.2) is 0 Å². The highest BCUT2D eigenvalue weighted by Crippen LogP contribution is 2.23. The van der Waals surface area contributed by atoms with E-state index in [1.54, 1.807) is 0 Å². The van der Waals surface area contributed by atoms with Gasteiger partial charge in [0.1, 0.15) is 0 Å². The standard InChI is InChI=1S/C13H18N2/c1-5-12-11-7-6-10(9(2)3)8-13(11)15(4)14-12/h6-9H,5H2,1-4H3. The summed E-state index contributed by atoms with van der Waals surface area (Å²) in [4.78, 5) is 0. The van der Waals surface area contributed by atoms with Crippen molar-refractivity contribution in [3.63, 3.8) is 0 Å². The number of hydrogen-bond acceptors (Lipinski definition) is 1. The highest BCUT2D eigenvalue weighted by Gasteiger charge is 2.08. The quantitative estimate of drug-likeness (QED) is 0.731.